The van der Waals surface area contributed by atoms with Crippen LogP contribution in [0.15, 0.2) is 0 Å². The minimum absolute atomic E-state index is 0.00936. The van der Waals surface area contributed by atoms with Crippen LogP contribution in [0.25, 0.3) is 0 Å². The van der Waals surface area contributed by atoms with Gasteiger partial charge in [0.25, 0.3) is 0 Å². The second kappa shape index (κ2) is 9.94. The molecule has 0 N–H and O–H groups in total. The number of hydrogen-bond acceptors (Lipinski definition) is 6. The molecule has 0 spiro atoms. The van der Waals surface area contributed by atoms with Gasteiger partial charge in [0.15, 0.2) is 0 Å². The first kappa shape index (κ1) is 26.7. The van der Waals surface area contributed by atoms with Crippen LogP contribution in [-0.2, 0) is 19.0 Å². The summed E-state index contributed by atoms with van der Waals surface area (Å²) in [6.45, 7) is 17.2. The van der Waals surface area contributed by atoms with Gasteiger partial charge >= 0.3 is 18.2 Å². The van der Waals surface area contributed by atoms with E-state index in [1.54, 1.807) is 62.3 Å². The van der Waals surface area contributed by atoms with Gasteiger partial charge in [-0.2, -0.15) is 4.90 Å². The zero-order chi connectivity index (χ0) is 22.5. The first-order chi connectivity index (χ1) is 12.4. The molecule has 2 amide bonds. The highest BCUT2D eigenvalue weighted by Crippen LogP contribution is 2.23. The number of ether oxygens (including phenoxy) is 3. The molecule has 0 aliphatic heterocycles. The molecule has 28 heavy (non-hydrogen) atoms. The summed E-state index contributed by atoms with van der Waals surface area (Å²) in [6, 6.07) is -1.17. The number of amides is 2. The van der Waals surface area contributed by atoms with Gasteiger partial charge in [0.2, 0.25) is 0 Å². The minimum atomic E-state index is -1.17. The van der Waals surface area contributed by atoms with Crippen LogP contribution in [0.2, 0.25) is 0 Å². The molecule has 0 aromatic heterocycles. The minimum Gasteiger partial charge on any atom is -0.458 e. The van der Waals surface area contributed by atoms with Gasteiger partial charge in [0.1, 0.15) is 22.8 Å². The number of hydrogen-bond donors (Lipinski definition) is 0. The zero-order valence-electron chi connectivity index (χ0n) is 18.8. The van der Waals surface area contributed by atoms with Crippen molar-refractivity contribution in [3.63, 3.8) is 0 Å². The highest BCUT2D eigenvalue weighted by atomic mass is 79.9. The lowest BCUT2D eigenvalue weighted by Gasteiger charge is -2.34. The lowest BCUT2D eigenvalue weighted by atomic mass is 10.0. The van der Waals surface area contributed by atoms with E-state index in [0.717, 1.165) is 4.90 Å². The highest BCUT2D eigenvalue weighted by Gasteiger charge is 2.42. The Labute approximate surface area is 177 Å². The van der Waals surface area contributed by atoms with Crippen molar-refractivity contribution < 1.29 is 28.6 Å². The van der Waals surface area contributed by atoms with E-state index >= 15 is 0 Å². The molecule has 0 bridgehead atoms. The van der Waals surface area contributed by atoms with Crippen molar-refractivity contribution in [3.8, 4) is 0 Å². The normalized spacial score (nSPS) is 14.7. The van der Waals surface area contributed by atoms with E-state index < -0.39 is 41.0 Å². The van der Waals surface area contributed by atoms with E-state index in [-0.39, 0.29) is 12.3 Å². The van der Waals surface area contributed by atoms with Gasteiger partial charge in [-0.15, -0.1) is 0 Å². The van der Waals surface area contributed by atoms with E-state index in [1.807, 2.05) is 6.92 Å². The Balaban J connectivity index is 6.06. The molecular formula is C20H36BrNO6. The predicted molar refractivity (Wildman–Crippen MR) is 112 cm³/mol. The summed E-state index contributed by atoms with van der Waals surface area (Å²) in [5, 5.41) is 0.586. The zero-order valence-corrected chi connectivity index (χ0v) is 20.4. The molecule has 0 saturated carbocycles. The van der Waals surface area contributed by atoms with Gasteiger partial charge in [0, 0.05) is 5.33 Å². The Hall–Kier alpha value is -1.31. The van der Waals surface area contributed by atoms with Gasteiger partial charge in [-0.25, -0.2) is 14.4 Å². The molecule has 0 aliphatic carbocycles. The molecule has 0 aromatic rings. The van der Waals surface area contributed by atoms with Crippen molar-refractivity contribution in [1.29, 1.82) is 0 Å². The average molecular weight is 466 g/mol. The van der Waals surface area contributed by atoms with E-state index in [0.29, 0.717) is 5.33 Å². The topological polar surface area (TPSA) is 82.1 Å². The van der Waals surface area contributed by atoms with Gasteiger partial charge < -0.3 is 14.2 Å². The standard InChI is InChI=1S/C20H36BrNO6/c1-13(12-21)11-14(15(23)26-18(2,3)4)22(16(24)27-19(5,6)7)17(25)28-20(8,9)10/h13-14H,11-12H2,1-10H3/t13-,14-/m0/s1. The maximum atomic E-state index is 12.9. The maximum Gasteiger partial charge on any atom is 0.420 e. The van der Waals surface area contributed by atoms with E-state index in [4.69, 9.17) is 14.2 Å². The molecule has 8 heteroatoms. The van der Waals surface area contributed by atoms with Crippen LogP contribution in [0.3, 0.4) is 0 Å². The van der Waals surface area contributed by atoms with E-state index in [2.05, 4.69) is 15.9 Å². The lowest BCUT2D eigenvalue weighted by molar-refractivity contribution is -0.161. The number of alkyl halides is 1. The fraction of sp³-hybridized carbons (Fsp3) is 0.850. The summed E-state index contributed by atoms with van der Waals surface area (Å²) in [6.07, 6.45) is -1.68. The number of carbonyl (C=O) groups is 3. The summed E-state index contributed by atoms with van der Waals surface area (Å²) in [5.41, 5.74) is -2.48. The largest absolute Gasteiger partial charge is 0.458 e. The van der Waals surface area contributed by atoms with E-state index in [9.17, 15) is 14.4 Å². The molecule has 0 unspecified atom stereocenters. The Morgan fingerprint density at radius 1 is 0.786 bits per heavy atom. The highest BCUT2D eigenvalue weighted by molar-refractivity contribution is 9.09. The maximum absolute atomic E-state index is 12.9. The number of halogens is 1. The number of rotatable bonds is 5. The molecule has 2 atom stereocenters. The van der Waals surface area contributed by atoms with E-state index in [1.165, 1.54) is 0 Å². The second-order valence-electron chi connectivity index (χ2n) is 9.88. The summed E-state index contributed by atoms with van der Waals surface area (Å²) in [4.78, 5) is 39.3. The molecule has 0 aromatic carbocycles. The smallest absolute Gasteiger partial charge is 0.420 e. The number of imide groups is 1. The molecule has 0 aliphatic rings. The molecular weight excluding hydrogens is 430 g/mol. The van der Waals surface area contributed by atoms with Crippen molar-refractivity contribution in [3.05, 3.63) is 0 Å². The Morgan fingerprint density at radius 3 is 1.43 bits per heavy atom. The summed E-state index contributed by atoms with van der Waals surface area (Å²) in [7, 11) is 0. The van der Waals surface area contributed by atoms with Gasteiger partial charge in [-0.1, -0.05) is 22.9 Å². The molecule has 0 saturated heterocycles. The first-order valence-electron chi connectivity index (χ1n) is 9.40. The van der Waals surface area contributed by atoms with Gasteiger partial charge in [-0.3, -0.25) is 0 Å². The molecule has 7 nitrogen and oxygen atoms in total. The number of carbonyl (C=O) groups excluding carboxylic acids is 3. The van der Waals surface area contributed by atoms with Crippen LogP contribution in [0, 0.1) is 5.92 Å². The third-order valence-electron chi connectivity index (χ3n) is 3.06. The number of esters is 1. The van der Waals surface area contributed by atoms with Crippen LogP contribution in [-0.4, -0.2) is 51.2 Å². The quantitative estimate of drug-likeness (QED) is 0.311. The summed E-state index contributed by atoms with van der Waals surface area (Å²) >= 11 is 3.37. The molecule has 0 rings (SSSR count). The van der Waals surface area contributed by atoms with Crippen LogP contribution in [0.5, 0.6) is 0 Å². The Kier molecular flexibility index (Phi) is 9.48. The molecule has 164 valence electrons. The average Bonchev–Trinajstić information content (AvgIpc) is 2.40. The molecule has 0 radical (unpaired) electrons. The van der Waals surface area contributed by atoms with Crippen molar-refractivity contribution >= 4 is 34.1 Å². The van der Waals surface area contributed by atoms with Crippen molar-refractivity contribution in [2.75, 3.05) is 5.33 Å². The third-order valence-corrected chi connectivity index (χ3v) is 4.17. The van der Waals surface area contributed by atoms with Crippen LogP contribution < -0.4 is 0 Å². The van der Waals surface area contributed by atoms with Gasteiger partial charge in [0.05, 0.1) is 0 Å². The number of nitrogens with zero attached hydrogens (tertiary/aromatic N) is 1. The fourth-order valence-electron chi connectivity index (χ4n) is 2.07. The molecule has 0 heterocycles. The monoisotopic (exact) mass is 465 g/mol. The summed E-state index contributed by atoms with van der Waals surface area (Å²) in [5.74, 6) is -0.693. The first-order valence-corrected chi connectivity index (χ1v) is 10.5. The summed E-state index contributed by atoms with van der Waals surface area (Å²) < 4.78 is 16.2. The van der Waals surface area contributed by atoms with Gasteiger partial charge in [-0.05, 0) is 74.7 Å². The van der Waals surface area contributed by atoms with Crippen LogP contribution >= 0.6 is 15.9 Å². The van der Waals surface area contributed by atoms with Crippen LogP contribution in [0.1, 0.15) is 75.7 Å². The van der Waals surface area contributed by atoms with Crippen molar-refractivity contribution in [1.82, 2.24) is 4.90 Å². The Bertz CT molecular complexity index is 529. The third kappa shape index (κ3) is 10.9. The Morgan fingerprint density at radius 2 is 1.14 bits per heavy atom. The SMILES string of the molecule is C[C@H](CBr)C[C@@H](C(=O)OC(C)(C)C)N(C(=O)OC(C)(C)C)C(=O)OC(C)(C)C. The van der Waals surface area contributed by atoms with Crippen molar-refractivity contribution in [2.24, 2.45) is 5.92 Å². The lowest BCUT2D eigenvalue weighted by Crippen LogP contribution is -2.53. The van der Waals surface area contributed by atoms with Crippen molar-refractivity contribution in [2.45, 2.75) is 98.5 Å². The fourth-order valence-corrected chi connectivity index (χ4v) is 2.34. The van der Waals surface area contributed by atoms with Crippen LogP contribution in [0.4, 0.5) is 9.59 Å². The molecule has 0 fully saturated rings. The predicted octanol–water partition coefficient (Wildman–Crippen LogP) is 5.29. The second-order valence-corrected chi connectivity index (χ2v) is 10.5.